The van der Waals surface area contributed by atoms with E-state index < -0.39 is 5.69 Å². The summed E-state index contributed by atoms with van der Waals surface area (Å²) in [6.07, 6.45) is 4.54. The number of carbonyl (C=O) groups excluding carboxylic acids is 1. The summed E-state index contributed by atoms with van der Waals surface area (Å²) in [6.45, 7) is 0. The lowest BCUT2D eigenvalue weighted by molar-refractivity contribution is 0.0988. The zero-order valence-corrected chi connectivity index (χ0v) is 8.60. The third-order valence-electron chi connectivity index (χ3n) is 2.18. The van der Waals surface area contributed by atoms with Gasteiger partial charge >= 0.3 is 5.69 Å². The van der Waals surface area contributed by atoms with Crippen molar-refractivity contribution in [3.05, 3.63) is 46.9 Å². The Balaban J connectivity index is 2.26. The Hall–Kier alpha value is -2.37. The fourth-order valence-corrected chi connectivity index (χ4v) is 1.31. The van der Waals surface area contributed by atoms with Crippen LogP contribution in [0.4, 0.5) is 5.69 Å². The molecule has 82 valence electrons. The van der Waals surface area contributed by atoms with Crippen LogP contribution in [-0.4, -0.2) is 27.9 Å². The van der Waals surface area contributed by atoms with E-state index >= 15 is 0 Å². The normalized spacial score (nSPS) is 10.1. The molecule has 6 heteroatoms. The van der Waals surface area contributed by atoms with Crippen LogP contribution in [0.2, 0.25) is 0 Å². The first-order valence-electron chi connectivity index (χ1n) is 4.64. The highest BCUT2D eigenvalue weighted by Crippen LogP contribution is 2.11. The van der Waals surface area contributed by atoms with Crippen LogP contribution in [0.25, 0.3) is 0 Å². The van der Waals surface area contributed by atoms with Crippen molar-refractivity contribution < 1.29 is 4.79 Å². The smallest absolute Gasteiger partial charge is 0.312 e. The molecule has 0 aliphatic heterocycles. The Labute approximate surface area is 90.9 Å². The third-order valence-corrected chi connectivity index (χ3v) is 2.18. The fourth-order valence-electron chi connectivity index (χ4n) is 1.31. The van der Waals surface area contributed by atoms with E-state index in [2.05, 4.69) is 15.0 Å². The van der Waals surface area contributed by atoms with Crippen LogP contribution < -0.4 is 10.6 Å². The molecule has 0 aliphatic carbocycles. The highest BCUT2D eigenvalue weighted by atomic mass is 16.2. The van der Waals surface area contributed by atoms with Crippen LogP contribution in [0, 0.1) is 0 Å². The highest BCUT2D eigenvalue weighted by molar-refractivity contribution is 6.04. The summed E-state index contributed by atoms with van der Waals surface area (Å²) in [5.41, 5.74) is 0.540. The van der Waals surface area contributed by atoms with Crippen molar-refractivity contribution in [2.45, 2.75) is 0 Å². The van der Waals surface area contributed by atoms with Crippen LogP contribution in [0.3, 0.4) is 0 Å². The second-order valence-electron chi connectivity index (χ2n) is 3.23. The summed E-state index contributed by atoms with van der Waals surface area (Å²) < 4.78 is 0. The zero-order valence-electron chi connectivity index (χ0n) is 8.60. The summed E-state index contributed by atoms with van der Waals surface area (Å²) in [4.78, 5) is 32.8. The number of anilines is 1. The van der Waals surface area contributed by atoms with Crippen LogP contribution in [0.5, 0.6) is 0 Å². The maximum absolute atomic E-state index is 11.9. The Morgan fingerprint density at radius 1 is 1.38 bits per heavy atom. The number of nitrogens with one attached hydrogen (secondary N) is 2. The molecule has 6 nitrogen and oxygen atoms in total. The summed E-state index contributed by atoms with van der Waals surface area (Å²) >= 11 is 0. The number of amides is 1. The van der Waals surface area contributed by atoms with Gasteiger partial charge < -0.3 is 14.9 Å². The second-order valence-corrected chi connectivity index (χ2v) is 3.23. The molecule has 16 heavy (non-hydrogen) atoms. The molecule has 1 amide bonds. The molecule has 0 unspecified atom stereocenters. The molecule has 0 radical (unpaired) electrons. The first kappa shape index (κ1) is 10.2. The largest absolute Gasteiger partial charge is 0.323 e. The number of H-pyrrole nitrogens is 2. The highest BCUT2D eigenvalue weighted by Gasteiger charge is 2.14. The van der Waals surface area contributed by atoms with Crippen molar-refractivity contribution in [3.63, 3.8) is 0 Å². The number of hydrogen-bond donors (Lipinski definition) is 2. The zero-order chi connectivity index (χ0) is 11.5. The number of hydrogen-bond acceptors (Lipinski definition) is 3. The van der Waals surface area contributed by atoms with Gasteiger partial charge in [-0.25, -0.2) is 4.79 Å². The Kier molecular flexibility index (Phi) is 2.55. The van der Waals surface area contributed by atoms with E-state index in [0.29, 0.717) is 5.69 Å². The van der Waals surface area contributed by atoms with Crippen LogP contribution in [-0.2, 0) is 0 Å². The van der Waals surface area contributed by atoms with Crippen molar-refractivity contribution in [1.29, 1.82) is 0 Å². The van der Waals surface area contributed by atoms with Crippen molar-refractivity contribution in [2.24, 2.45) is 0 Å². The van der Waals surface area contributed by atoms with Crippen molar-refractivity contribution >= 4 is 11.6 Å². The van der Waals surface area contributed by atoms with Gasteiger partial charge in [-0.3, -0.25) is 9.78 Å². The number of imidazole rings is 1. The minimum atomic E-state index is -0.397. The molecule has 0 aliphatic rings. The minimum Gasteiger partial charge on any atom is -0.312 e. The molecule has 0 bridgehead atoms. The SMILES string of the molecule is CN(C(=O)c1c[nH]c(=O)[nH]1)c1ccncc1. The van der Waals surface area contributed by atoms with E-state index in [9.17, 15) is 9.59 Å². The topological polar surface area (TPSA) is 81.9 Å². The molecule has 0 spiro atoms. The standard InChI is InChI=1S/C10H10N4O2/c1-14(7-2-4-11-5-3-7)9(15)8-6-12-10(16)13-8/h2-6H,1H3,(H2,12,13,16). The van der Waals surface area contributed by atoms with Gasteiger partial charge in [-0.2, -0.15) is 0 Å². The Morgan fingerprint density at radius 2 is 2.06 bits per heavy atom. The molecule has 0 atom stereocenters. The summed E-state index contributed by atoms with van der Waals surface area (Å²) in [5.74, 6) is -0.287. The number of aromatic nitrogens is 3. The lowest BCUT2D eigenvalue weighted by Gasteiger charge is -2.15. The molecule has 2 rings (SSSR count). The number of pyridine rings is 1. The van der Waals surface area contributed by atoms with Gasteiger partial charge in [0.15, 0.2) is 0 Å². The first-order valence-corrected chi connectivity index (χ1v) is 4.64. The third kappa shape index (κ3) is 1.85. The van der Waals surface area contributed by atoms with E-state index in [0.717, 1.165) is 0 Å². The summed E-state index contributed by atoms with van der Waals surface area (Å²) in [7, 11) is 1.63. The predicted molar refractivity (Wildman–Crippen MR) is 58.4 cm³/mol. The van der Waals surface area contributed by atoms with E-state index in [1.54, 1.807) is 31.6 Å². The lowest BCUT2D eigenvalue weighted by Crippen LogP contribution is -2.26. The minimum absolute atomic E-state index is 0.226. The maximum Gasteiger partial charge on any atom is 0.323 e. The van der Waals surface area contributed by atoms with E-state index in [4.69, 9.17) is 0 Å². The Morgan fingerprint density at radius 3 is 2.62 bits per heavy atom. The van der Waals surface area contributed by atoms with Gasteiger partial charge in [-0.15, -0.1) is 0 Å². The van der Waals surface area contributed by atoms with Crippen molar-refractivity contribution in [2.75, 3.05) is 11.9 Å². The summed E-state index contributed by atoms with van der Waals surface area (Å²) in [5, 5.41) is 0. The van der Waals surface area contributed by atoms with Gasteiger partial charge in [0, 0.05) is 31.3 Å². The molecule has 0 aromatic carbocycles. The van der Waals surface area contributed by atoms with E-state index in [1.165, 1.54) is 11.1 Å². The van der Waals surface area contributed by atoms with Crippen LogP contribution >= 0.6 is 0 Å². The number of rotatable bonds is 2. The Bertz CT molecular complexity index is 543. The average molecular weight is 218 g/mol. The van der Waals surface area contributed by atoms with Crippen molar-refractivity contribution in [1.82, 2.24) is 15.0 Å². The molecule has 2 aromatic heterocycles. The number of nitrogens with zero attached hydrogens (tertiary/aromatic N) is 2. The molecule has 2 heterocycles. The lowest BCUT2D eigenvalue weighted by atomic mass is 10.3. The molecule has 0 fully saturated rings. The monoisotopic (exact) mass is 218 g/mol. The van der Waals surface area contributed by atoms with Gasteiger partial charge in [-0.05, 0) is 12.1 Å². The molecule has 2 N–H and O–H groups in total. The molecular weight excluding hydrogens is 208 g/mol. The molecule has 0 saturated heterocycles. The number of carbonyl (C=O) groups is 1. The first-order chi connectivity index (χ1) is 7.68. The van der Waals surface area contributed by atoms with Gasteiger partial charge in [0.2, 0.25) is 0 Å². The van der Waals surface area contributed by atoms with Crippen LogP contribution in [0.15, 0.2) is 35.5 Å². The second kappa shape index (κ2) is 4.01. The van der Waals surface area contributed by atoms with Crippen molar-refractivity contribution in [3.8, 4) is 0 Å². The van der Waals surface area contributed by atoms with Gasteiger partial charge in [-0.1, -0.05) is 0 Å². The molecule has 2 aromatic rings. The average Bonchev–Trinajstić information content (AvgIpc) is 2.75. The van der Waals surface area contributed by atoms with E-state index in [1.807, 2.05) is 0 Å². The van der Waals surface area contributed by atoms with Crippen LogP contribution in [0.1, 0.15) is 10.5 Å². The maximum atomic E-state index is 11.9. The summed E-state index contributed by atoms with van der Waals surface area (Å²) in [6, 6.07) is 3.42. The molecular formula is C10H10N4O2. The predicted octanol–water partition coefficient (Wildman–Crippen LogP) is 0.375. The molecule has 0 saturated carbocycles. The number of aromatic amines is 2. The van der Waals surface area contributed by atoms with Gasteiger partial charge in [0.25, 0.3) is 5.91 Å². The van der Waals surface area contributed by atoms with E-state index in [-0.39, 0.29) is 11.6 Å². The van der Waals surface area contributed by atoms with Gasteiger partial charge in [0.05, 0.1) is 0 Å². The van der Waals surface area contributed by atoms with Gasteiger partial charge in [0.1, 0.15) is 5.69 Å². The fraction of sp³-hybridized carbons (Fsp3) is 0.100. The quantitative estimate of drug-likeness (QED) is 0.764.